The van der Waals surface area contributed by atoms with Crippen LogP contribution in [0.5, 0.6) is 11.5 Å². The van der Waals surface area contributed by atoms with Crippen LogP contribution in [-0.2, 0) is 19.7 Å². The zero-order chi connectivity index (χ0) is 26.9. The molecule has 0 unspecified atom stereocenters. The first-order valence-corrected chi connectivity index (χ1v) is 12.3. The minimum Gasteiger partial charge on any atom is -0.493 e. The van der Waals surface area contributed by atoms with Crippen LogP contribution in [0, 0.1) is 12.7 Å². The maximum atomic E-state index is 13.3. The van der Waals surface area contributed by atoms with E-state index in [1.165, 1.54) is 43.5 Å². The van der Waals surface area contributed by atoms with Crippen LogP contribution in [0.25, 0.3) is 6.08 Å². The van der Waals surface area contributed by atoms with E-state index in [1.807, 2.05) is 5.32 Å². The first kappa shape index (κ1) is 25.9. The van der Waals surface area contributed by atoms with Crippen molar-refractivity contribution in [1.29, 1.82) is 0 Å². The second kappa shape index (κ2) is 10.0. The molecule has 1 aliphatic heterocycles. The van der Waals surface area contributed by atoms with Crippen molar-refractivity contribution >= 4 is 51.3 Å². The van der Waals surface area contributed by atoms with Gasteiger partial charge in [0, 0.05) is 0 Å². The third-order valence-electron chi connectivity index (χ3n) is 5.25. The molecule has 0 atom stereocenters. The van der Waals surface area contributed by atoms with Gasteiger partial charge in [-0.05, 0) is 67.1 Å². The zero-order valence-corrected chi connectivity index (χ0v) is 20.9. The molecule has 0 bridgehead atoms. The van der Waals surface area contributed by atoms with Crippen molar-refractivity contribution in [3.05, 3.63) is 88.2 Å². The molecular formula is C25H18ClFN2O7S. The summed E-state index contributed by atoms with van der Waals surface area (Å²) in [6.45, 7) is 1.80. The second-order valence-corrected chi connectivity index (χ2v) is 9.77. The van der Waals surface area contributed by atoms with Crippen LogP contribution in [0.2, 0.25) is 5.02 Å². The van der Waals surface area contributed by atoms with E-state index in [0.717, 1.165) is 23.8 Å². The summed E-state index contributed by atoms with van der Waals surface area (Å²) in [6, 6.07) is 12.1. The van der Waals surface area contributed by atoms with Crippen molar-refractivity contribution < 1.29 is 36.1 Å². The average Bonchev–Trinajstić information content (AvgIpc) is 2.84. The Bertz CT molecular complexity index is 1550. The molecular weight excluding hydrogens is 527 g/mol. The van der Waals surface area contributed by atoms with Gasteiger partial charge in [-0.2, -0.15) is 8.42 Å². The number of barbiturate groups is 1. The minimum absolute atomic E-state index is 0.0444. The highest BCUT2D eigenvalue weighted by Gasteiger charge is 2.37. The van der Waals surface area contributed by atoms with Gasteiger partial charge in [0.05, 0.1) is 17.8 Å². The van der Waals surface area contributed by atoms with Crippen LogP contribution in [-0.4, -0.2) is 33.4 Å². The van der Waals surface area contributed by atoms with Crippen molar-refractivity contribution in [3.63, 3.8) is 0 Å². The van der Waals surface area contributed by atoms with Gasteiger partial charge in [-0.15, -0.1) is 0 Å². The lowest BCUT2D eigenvalue weighted by Gasteiger charge is -2.26. The quantitative estimate of drug-likeness (QED) is 0.280. The molecule has 4 amide bonds. The molecule has 1 fully saturated rings. The number of halogens is 2. The SMILES string of the molecule is COc1cc(/C=C2\C(=O)NC(=O)N(c3ccc(F)cc3)C2=O)cc(Cl)c1OS(=O)(=O)c1ccc(C)cc1. The van der Waals surface area contributed by atoms with Crippen LogP contribution in [0.1, 0.15) is 11.1 Å². The molecule has 9 nitrogen and oxygen atoms in total. The normalized spacial score (nSPS) is 15.1. The summed E-state index contributed by atoms with van der Waals surface area (Å²) < 4.78 is 49.2. The van der Waals surface area contributed by atoms with Gasteiger partial charge in [0.2, 0.25) is 5.75 Å². The molecule has 12 heteroatoms. The number of ether oxygens (including phenoxy) is 1. The summed E-state index contributed by atoms with van der Waals surface area (Å²) in [7, 11) is -3.01. The Morgan fingerprint density at radius 2 is 1.65 bits per heavy atom. The van der Waals surface area contributed by atoms with Gasteiger partial charge in [-0.25, -0.2) is 14.1 Å². The summed E-state index contributed by atoms with van der Waals surface area (Å²) in [6.07, 6.45) is 1.15. The summed E-state index contributed by atoms with van der Waals surface area (Å²) in [5.41, 5.74) is 0.646. The number of amides is 4. The van der Waals surface area contributed by atoms with E-state index in [1.54, 1.807) is 19.1 Å². The number of benzene rings is 3. The number of hydrogen-bond donors (Lipinski definition) is 1. The molecule has 3 aromatic rings. The number of carbonyl (C=O) groups is 3. The largest absolute Gasteiger partial charge is 0.493 e. The molecule has 0 spiro atoms. The molecule has 0 radical (unpaired) electrons. The van der Waals surface area contributed by atoms with E-state index in [4.69, 9.17) is 20.5 Å². The van der Waals surface area contributed by atoms with Crippen molar-refractivity contribution in [2.45, 2.75) is 11.8 Å². The Morgan fingerprint density at radius 3 is 2.27 bits per heavy atom. The molecule has 3 aromatic carbocycles. The fourth-order valence-electron chi connectivity index (χ4n) is 3.42. The fraction of sp³-hybridized carbons (Fsp3) is 0.0800. The molecule has 4 rings (SSSR count). The smallest absolute Gasteiger partial charge is 0.339 e. The number of urea groups is 1. The van der Waals surface area contributed by atoms with Gasteiger partial charge in [-0.3, -0.25) is 14.9 Å². The monoisotopic (exact) mass is 544 g/mol. The van der Waals surface area contributed by atoms with Gasteiger partial charge < -0.3 is 8.92 Å². The highest BCUT2D eigenvalue weighted by Crippen LogP contribution is 2.39. The van der Waals surface area contributed by atoms with Crippen molar-refractivity contribution in [2.75, 3.05) is 12.0 Å². The number of carbonyl (C=O) groups excluding carboxylic acids is 3. The first-order chi connectivity index (χ1) is 17.5. The standard InChI is InChI=1S/C25H18ClFN2O7S/c1-14-3-9-18(10-4-14)37(33,34)36-22-20(26)12-15(13-21(22)35-2)11-19-23(30)28-25(32)29(24(19)31)17-7-5-16(27)6-8-17/h3-13H,1-2H3,(H,28,30,32)/b19-11+. The molecule has 1 heterocycles. The molecule has 0 saturated carbocycles. The topological polar surface area (TPSA) is 119 Å². The van der Waals surface area contributed by atoms with Gasteiger partial charge in [0.25, 0.3) is 11.8 Å². The summed E-state index contributed by atoms with van der Waals surface area (Å²) in [5, 5.41) is 1.86. The van der Waals surface area contributed by atoms with E-state index >= 15 is 0 Å². The van der Waals surface area contributed by atoms with Crippen molar-refractivity contribution in [3.8, 4) is 11.5 Å². The van der Waals surface area contributed by atoms with Crippen LogP contribution in [0.3, 0.4) is 0 Å². The van der Waals surface area contributed by atoms with E-state index in [-0.39, 0.29) is 32.7 Å². The minimum atomic E-state index is -4.26. The van der Waals surface area contributed by atoms with E-state index in [0.29, 0.717) is 4.90 Å². The number of nitrogens with zero attached hydrogens (tertiary/aromatic N) is 1. The van der Waals surface area contributed by atoms with Crippen molar-refractivity contribution in [2.24, 2.45) is 0 Å². The Hall–Kier alpha value is -4.22. The third kappa shape index (κ3) is 5.32. The molecule has 190 valence electrons. The van der Waals surface area contributed by atoms with Gasteiger partial charge >= 0.3 is 16.1 Å². The Balaban J connectivity index is 1.69. The zero-order valence-electron chi connectivity index (χ0n) is 19.3. The molecule has 1 aliphatic rings. The average molecular weight is 545 g/mol. The first-order valence-electron chi connectivity index (χ1n) is 10.6. The number of aryl methyl sites for hydroxylation is 1. The van der Waals surface area contributed by atoms with Crippen LogP contribution in [0.4, 0.5) is 14.9 Å². The highest BCUT2D eigenvalue weighted by atomic mass is 35.5. The van der Waals surface area contributed by atoms with Crippen LogP contribution in [0.15, 0.2) is 71.1 Å². The van der Waals surface area contributed by atoms with Gasteiger partial charge in [0.15, 0.2) is 5.75 Å². The molecule has 37 heavy (non-hydrogen) atoms. The van der Waals surface area contributed by atoms with E-state index < -0.39 is 39.4 Å². The Labute approximate surface area is 216 Å². The maximum Gasteiger partial charge on any atom is 0.339 e. The van der Waals surface area contributed by atoms with Gasteiger partial charge in [0.1, 0.15) is 16.3 Å². The van der Waals surface area contributed by atoms with Gasteiger partial charge in [-0.1, -0.05) is 29.3 Å². The Morgan fingerprint density at radius 1 is 1.00 bits per heavy atom. The predicted molar refractivity (Wildman–Crippen MR) is 132 cm³/mol. The number of imide groups is 2. The van der Waals surface area contributed by atoms with E-state index in [2.05, 4.69) is 0 Å². The number of hydrogen-bond acceptors (Lipinski definition) is 7. The third-order valence-corrected chi connectivity index (χ3v) is 6.77. The molecule has 0 aliphatic carbocycles. The summed E-state index contributed by atoms with van der Waals surface area (Å²) in [4.78, 5) is 38.4. The summed E-state index contributed by atoms with van der Waals surface area (Å²) in [5.74, 6) is -2.89. The lowest BCUT2D eigenvalue weighted by molar-refractivity contribution is -0.122. The molecule has 1 N–H and O–H groups in total. The molecule has 0 aromatic heterocycles. The van der Waals surface area contributed by atoms with Crippen LogP contribution >= 0.6 is 11.6 Å². The lowest BCUT2D eigenvalue weighted by atomic mass is 10.1. The molecule has 1 saturated heterocycles. The number of anilines is 1. The number of nitrogens with one attached hydrogen (secondary N) is 1. The van der Waals surface area contributed by atoms with E-state index in [9.17, 15) is 27.2 Å². The predicted octanol–water partition coefficient (Wildman–Crippen LogP) is 4.23. The lowest BCUT2D eigenvalue weighted by Crippen LogP contribution is -2.54. The highest BCUT2D eigenvalue weighted by molar-refractivity contribution is 7.87. The fourth-order valence-corrected chi connectivity index (χ4v) is 4.68. The van der Waals surface area contributed by atoms with Crippen molar-refractivity contribution in [1.82, 2.24) is 5.32 Å². The Kier molecular flexibility index (Phi) is 7.01. The summed E-state index contributed by atoms with van der Waals surface area (Å²) >= 11 is 6.30. The van der Waals surface area contributed by atoms with Crippen LogP contribution < -0.4 is 19.1 Å². The number of rotatable bonds is 6. The second-order valence-electron chi connectivity index (χ2n) is 7.82. The number of methoxy groups -OCH3 is 1. The maximum absolute atomic E-state index is 13.3.